The molecular formula is C12H12FN3O. The van der Waals surface area contributed by atoms with Gasteiger partial charge >= 0.3 is 0 Å². The van der Waals surface area contributed by atoms with Crippen molar-refractivity contribution in [1.82, 2.24) is 9.78 Å². The highest BCUT2D eigenvalue weighted by atomic mass is 19.1. The number of aromatic nitrogens is 2. The summed E-state index contributed by atoms with van der Waals surface area (Å²) < 4.78 is 14.3. The van der Waals surface area contributed by atoms with Gasteiger partial charge in [-0.15, -0.1) is 0 Å². The zero-order chi connectivity index (χ0) is 12.3. The molecule has 2 aromatic rings. The van der Waals surface area contributed by atoms with E-state index in [4.69, 9.17) is 0 Å². The number of nitrogens with one attached hydrogen (secondary N) is 1. The first-order valence-corrected chi connectivity index (χ1v) is 5.16. The summed E-state index contributed by atoms with van der Waals surface area (Å²) in [5, 5.41) is 6.65. The molecule has 0 radical (unpaired) electrons. The van der Waals surface area contributed by atoms with Gasteiger partial charge in [-0.1, -0.05) is 12.1 Å². The Hall–Kier alpha value is -2.17. The predicted octanol–water partition coefficient (Wildman–Crippen LogP) is 1.74. The maximum atomic E-state index is 12.7. The fraction of sp³-hybridized carbons (Fsp3) is 0.167. The van der Waals surface area contributed by atoms with Gasteiger partial charge in [0.15, 0.2) is 0 Å². The minimum Gasteiger partial charge on any atom is -0.323 e. The summed E-state index contributed by atoms with van der Waals surface area (Å²) in [6.07, 6.45) is 3.50. The second-order valence-electron chi connectivity index (χ2n) is 3.75. The quantitative estimate of drug-likeness (QED) is 0.877. The minimum atomic E-state index is -0.304. The highest BCUT2D eigenvalue weighted by molar-refractivity contribution is 5.91. The first-order valence-electron chi connectivity index (χ1n) is 5.16. The van der Waals surface area contributed by atoms with Gasteiger partial charge in [0.05, 0.1) is 18.3 Å². The standard InChI is InChI=1S/C12H12FN3O/c1-16-8-11(7-14-16)15-12(17)6-9-2-4-10(13)5-3-9/h2-5,7-8H,6H2,1H3,(H,15,17). The molecule has 0 fully saturated rings. The molecule has 0 aliphatic rings. The lowest BCUT2D eigenvalue weighted by Gasteiger charge is -2.02. The van der Waals surface area contributed by atoms with Crippen molar-refractivity contribution >= 4 is 11.6 Å². The second kappa shape index (κ2) is 4.78. The van der Waals surface area contributed by atoms with E-state index >= 15 is 0 Å². The molecule has 4 nitrogen and oxygen atoms in total. The van der Waals surface area contributed by atoms with Crippen molar-refractivity contribution < 1.29 is 9.18 Å². The lowest BCUT2D eigenvalue weighted by Crippen LogP contribution is -2.13. The molecule has 0 bridgehead atoms. The number of rotatable bonds is 3. The molecule has 0 aliphatic heterocycles. The van der Waals surface area contributed by atoms with Crippen LogP contribution in [-0.4, -0.2) is 15.7 Å². The van der Waals surface area contributed by atoms with E-state index in [1.54, 1.807) is 36.3 Å². The third-order valence-corrected chi connectivity index (χ3v) is 2.27. The molecular weight excluding hydrogens is 221 g/mol. The van der Waals surface area contributed by atoms with Crippen molar-refractivity contribution in [1.29, 1.82) is 0 Å². The van der Waals surface area contributed by atoms with E-state index in [0.29, 0.717) is 5.69 Å². The van der Waals surface area contributed by atoms with E-state index in [0.717, 1.165) is 5.56 Å². The summed E-state index contributed by atoms with van der Waals surface area (Å²) in [6.45, 7) is 0. The highest BCUT2D eigenvalue weighted by Gasteiger charge is 2.05. The fourth-order valence-electron chi connectivity index (χ4n) is 1.48. The molecule has 1 heterocycles. The van der Waals surface area contributed by atoms with Crippen LogP contribution in [0.5, 0.6) is 0 Å². The van der Waals surface area contributed by atoms with Crippen LogP contribution in [0.4, 0.5) is 10.1 Å². The van der Waals surface area contributed by atoms with Crippen LogP contribution < -0.4 is 5.32 Å². The van der Waals surface area contributed by atoms with Crippen molar-refractivity contribution in [2.24, 2.45) is 7.05 Å². The first kappa shape index (κ1) is 11.3. The van der Waals surface area contributed by atoms with Crippen molar-refractivity contribution in [3.05, 3.63) is 48.0 Å². The van der Waals surface area contributed by atoms with E-state index < -0.39 is 0 Å². The Balaban J connectivity index is 1.95. The number of benzene rings is 1. The van der Waals surface area contributed by atoms with Gasteiger partial charge in [0.2, 0.25) is 5.91 Å². The average Bonchev–Trinajstić information content (AvgIpc) is 2.67. The molecule has 0 aliphatic carbocycles. The molecule has 0 spiro atoms. The Labute approximate surface area is 98.1 Å². The van der Waals surface area contributed by atoms with Crippen LogP contribution in [0.15, 0.2) is 36.7 Å². The van der Waals surface area contributed by atoms with Gasteiger partial charge in [-0.3, -0.25) is 9.48 Å². The third kappa shape index (κ3) is 3.14. The van der Waals surface area contributed by atoms with Crippen molar-refractivity contribution in [2.45, 2.75) is 6.42 Å². The molecule has 88 valence electrons. The van der Waals surface area contributed by atoms with E-state index in [1.807, 2.05) is 0 Å². The largest absolute Gasteiger partial charge is 0.323 e. The molecule has 0 saturated carbocycles. The van der Waals surface area contributed by atoms with Gasteiger partial charge in [0.1, 0.15) is 5.82 Å². The molecule has 0 atom stereocenters. The number of nitrogens with zero attached hydrogens (tertiary/aromatic N) is 2. The summed E-state index contributed by atoms with van der Waals surface area (Å²) in [6, 6.07) is 5.87. The van der Waals surface area contributed by atoms with Crippen molar-refractivity contribution in [2.75, 3.05) is 5.32 Å². The molecule has 5 heteroatoms. The first-order chi connectivity index (χ1) is 8.13. The number of hydrogen-bond donors (Lipinski definition) is 1. The number of carbonyl (C=O) groups excluding carboxylic acids is 1. The summed E-state index contributed by atoms with van der Waals surface area (Å²) in [5.74, 6) is -0.453. The van der Waals surface area contributed by atoms with Crippen LogP contribution >= 0.6 is 0 Å². The summed E-state index contributed by atoms with van der Waals surface area (Å²) >= 11 is 0. The van der Waals surface area contributed by atoms with Gasteiger partial charge < -0.3 is 5.32 Å². The second-order valence-corrected chi connectivity index (χ2v) is 3.75. The van der Waals surface area contributed by atoms with E-state index in [1.165, 1.54) is 12.1 Å². The molecule has 2 rings (SSSR count). The Morgan fingerprint density at radius 3 is 2.71 bits per heavy atom. The SMILES string of the molecule is Cn1cc(NC(=O)Cc2ccc(F)cc2)cn1. The average molecular weight is 233 g/mol. The van der Waals surface area contributed by atoms with E-state index in [9.17, 15) is 9.18 Å². The van der Waals surface area contributed by atoms with Crippen LogP contribution in [0, 0.1) is 5.82 Å². The molecule has 0 saturated heterocycles. The highest BCUT2D eigenvalue weighted by Crippen LogP contribution is 2.07. The van der Waals surface area contributed by atoms with Crippen molar-refractivity contribution in [3.63, 3.8) is 0 Å². The Bertz CT molecular complexity index is 519. The minimum absolute atomic E-state index is 0.149. The lowest BCUT2D eigenvalue weighted by atomic mass is 10.1. The van der Waals surface area contributed by atoms with Gasteiger partial charge in [-0.2, -0.15) is 5.10 Å². The van der Waals surface area contributed by atoms with Crippen LogP contribution in [0.3, 0.4) is 0 Å². The normalized spacial score (nSPS) is 10.2. The van der Waals surface area contributed by atoms with Crippen molar-refractivity contribution in [3.8, 4) is 0 Å². The molecule has 1 aromatic heterocycles. The summed E-state index contributed by atoms with van der Waals surface area (Å²) in [4.78, 5) is 11.6. The predicted molar refractivity (Wildman–Crippen MR) is 61.9 cm³/mol. The fourth-order valence-corrected chi connectivity index (χ4v) is 1.48. The molecule has 1 N–H and O–H groups in total. The van der Waals surface area contributed by atoms with Gasteiger partial charge in [0, 0.05) is 13.2 Å². The van der Waals surface area contributed by atoms with Crippen LogP contribution in [-0.2, 0) is 18.3 Å². The topological polar surface area (TPSA) is 46.9 Å². The Morgan fingerprint density at radius 1 is 1.41 bits per heavy atom. The smallest absolute Gasteiger partial charge is 0.228 e. The van der Waals surface area contributed by atoms with Crippen LogP contribution in [0.1, 0.15) is 5.56 Å². The van der Waals surface area contributed by atoms with Crippen LogP contribution in [0.25, 0.3) is 0 Å². The zero-order valence-electron chi connectivity index (χ0n) is 9.35. The lowest BCUT2D eigenvalue weighted by molar-refractivity contribution is -0.115. The number of carbonyl (C=O) groups is 1. The van der Waals surface area contributed by atoms with Gasteiger partial charge in [0.25, 0.3) is 0 Å². The zero-order valence-corrected chi connectivity index (χ0v) is 9.35. The third-order valence-electron chi connectivity index (χ3n) is 2.27. The van der Waals surface area contributed by atoms with E-state index in [-0.39, 0.29) is 18.1 Å². The number of amides is 1. The summed E-state index contributed by atoms with van der Waals surface area (Å²) in [7, 11) is 1.77. The van der Waals surface area contributed by atoms with Gasteiger partial charge in [-0.25, -0.2) is 4.39 Å². The van der Waals surface area contributed by atoms with E-state index in [2.05, 4.69) is 10.4 Å². The summed E-state index contributed by atoms with van der Waals surface area (Å²) in [5.41, 5.74) is 1.42. The van der Waals surface area contributed by atoms with Crippen LogP contribution in [0.2, 0.25) is 0 Å². The molecule has 1 aromatic carbocycles. The molecule has 1 amide bonds. The number of aryl methyl sites for hydroxylation is 1. The number of anilines is 1. The Kier molecular flexibility index (Phi) is 3.18. The number of hydrogen-bond acceptors (Lipinski definition) is 2. The number of halogens is 1. The maximum absolute atomic E-state index is 12.7. The molecule has 0 unspecified atom stereocenters. The van der Waals surface area contributed by atoms with Gasteiger partial charge in [-0.05, 0) is 17.7 Å². The maximum Gasteiger partial charge on any atom is 0.228 e. The molecule has 17 heavy (non-hydrogen) atoms. The Morgan fingerprint density at radius 2 is 2.12 bits per heavy atom. The monoisotopic (exact) mass is 233 g/mol.